The lowest BCUT2D eigenvalue weighted by atomic mass is 10.1. The second-order valence-electron chi connectivity index (χ2n) is 2.38. The summed E-state index contributed by atoms with van der Waals surface area (Å²) in [4.78, 5) is 0. The predicted octanol–water partition coefficient (Wildman–Crippen LogP) is 3.44. The maximum absolute atomic E-state index is 11.9. The van der Waals surface area contributed by atoms with Crippen molar-refractivity contribution in [3.8, 4) is 0 Å². The number of hydrogen-bond donors (Lipinski definition) is 0. The van der Waals surface area contributed by atoms with Crippen LogP contribution in [0.5, 0.6) is 0 Å². The summed E-state index contributed by atoms with van der Waals surface area (Å²) in [7, 11) is 0. The number of alkyl halides is 3. The molecule has 1 rings (SSSR count). The van der Waals surface area contributed by atoms with E-state index in [1.54, 1.807) is 6.07 Å². The van der Waals surface area contributed by atoms with Crippen LogP contribution in [0, 0.1) is 0 Å². The zero-order chi connectivity index (χ0) is 9.19. The van der Waals surface area contributed by atoms with E-state index in [1.165, 1.54) is 18.2 Å². The third kappa shape index (κ3) is 2.74. The van der Waals surface area contributed by atoms with Crippen LogP contribution in [0.25, 0.3) is 0 Å². The third-order valence-electron chi connectivity index (χ3n) is 1.35. The van der Waals surface area contributed by atoms with Crippen LogP contribution < -0.4 is 0 Å². The minimum atomic E-state index is -4.19. The van der Waals surface area contributed by atoms with Crippen molar-refractivity contribution in [1.29, 1.82) is 0 Å². The molecule has 0 heterocycles. The van der Waals surface area contributed by atoms with E-state index in [0.29, 0.717) is 0 Å². The first kappa shape index (κ1) is 9.39. The van der Waals surface area contributed by atoms with Gasteiger partial charge < -0.3 is 0 Å². The fourth-order valence-electron chi connectivity index (χ4n) is 0.858. The minimum Gasteiger partial charge on any atom is -0.171 e. The van der Waals surface area contributed by atoms with Gasteiger partial charge in [-0.25, -0.2) is 0 Å². The van der Waals surface area contributed by atoms with Crippen LogP contribution in [0.2, 0.25) is 5.02 Å². The molecule has 12 heavy (non-hydrogen) atoms. The first-order chi connectivity index (χ1) is 5.49. The highest BCUT2D eigenvalue weighted by Gasteiger charge is 2.28. The molecule has 0 fully saturated rings. The van der Waals surface area contributed by atoms with Gasteiger partial charge in [0.05, 0.1) is 6.42 Å². The Kier molecular flexibility index (Phi) is 2.62. The SMILES string of the molecule is FC(F)(F)Cc1ccccc1Cl. The monoisotopic (exact) mass is 194 g/mol. The van der Waals surface area contributed by atoms with Crippen molar-refractivity contribution in [1.82, 2.24) is 0 Å². The first-order valence-corrected chi connectivity index (χ1v) is 3.67. The lowest BCUT2D eigenvalue weighted by Crippen LogP contribution is -2.11. The van der Waals surface area contributed by atoms with Crippen molar-refractivity contribution in [2.24, 2.45) is 0 Å². The molecule has 0 spiro atoms. The van der Waals surface area contributed by atoms with Crippen molar-refractivity contribution in [3.05, 3.63) is 34.9 Å². The molecule has 0 aliphatic carbocycles. The summed E-state index contributed by atoms with van der Waals surface area (Å²) >= 11 is 5.53. The fourth-order valence-corrected chi connectivity index (χ4v) is 1.06. The van der Waals surface area contributed by atoms with Gasteiger partial charge in [0.1, 0.15) is 0 Å². The lowest BCUT2D eigenvalue weighted by Gasteiger charge is -2.06. The quantitative estimate of drug-likeness (QED) is 0.643. The molecule has 0 atom stereocenters. The van der Waals surface area contributed by atoms with E-state index in [9.17, 15) is 13.2 Å². The number of hydrogen-bond acceptors (Lipinski definition) is 0. The molecule has 0 unspecified atom stereocenters. The largest absolute Gasteiger partial charge is 0.393 e. The molecule has 1 aromatic rings. The van der Waals surface area contributed by atoms with Crippen molar-refractivity contribution in [2.75, 3.05) is 0 Å². The van der Waals surface area contributed by atoms with E-state index in [2.05, 4.69) is 0 Å². The second-order valence-corrected chi connectivity index (χ2v) is 2.79. The van der Waals surface area contributed by atoms with Crippen molar-refractivity contribution >= 4 is 11.6 Å². The van der Waals surface area contributed by atoms with Crippen LogP contribution in [-0.4, -0.2) is 6.18 Å². The molecule has 0 bridgehead atoms. The molecule has 4 heteroatoms. The molecule has 0 aromatic heterocycles. The normalized spacial score (nSPS) is 11.7. The standard InChI is InChI=1S/C8H6ClF3/c9-7-4-2-1-3-6(7)5-8(10,11)12/h1-4H,5H2. The Bertz CT molecular complexity index is 267. The smallest absolute Gasteiger partial charge is 0.171 e. The van der Waals surface area contributed by atoms with Crippen LogP contribution in [0.3, 0.4) is 0 Å². The van der Waals surface area contributed by atoms with Gasteiger partial charge in [0.2, 0.25) is 0 Å². The highest BCUT2D eigenvalue weighted by Crippen LogP contribution is 2.25. The fraction of sp³-hybridized carbons (Fsp3) is 0.250. The molecule has 0 aliphatic heterocycles. The van der Waals surface area contributed by atoms with Crippen molar-refractivity contribution < 1.29 is 13.2 Å². The zero-order valence-corrected chi connectivity index (χ0v) is 6.78. The Hall–Kier alpha value is -0.700. The molecule has 0 saturated carbocycles. The average molecular weight is 195 g/mol. The Balaban J connectivity index is 2.83. The van der Waals surface area contributed by atoms with Gasteiger partial charge in [-0.3, -0.25) is 0 Å². The van der Waals surface area contributed by atoms with Gasteiger partial charge in [-0.15, -0.1) is 0 Å². The molecule has 0 amide bonds. The topological polar surface area (TPSA) is 0 Å². The molecule has 66 valence electrons. The van der Waals surface area contributed by atoms with Gasteiger partial charge in [-0.05, 0) is 11.6 Å². The van der Waals surface area contributed by atoms with Crippen LogP contribution in [0.1, 0.15) is 5.56 Å². The number of rotatable bonds is 1. The third-order valence-corrected chi connectivity index (χ3v) is 1.72. The highest BCUT2D eigenvalue weighted by atomic mass is 35.5. The summed E-state index contributed by atoms with van der Waals surface area (Å²) in [6.07, 6.45) is -5.16. The molecule has 0 saturated heterocycles. The summed E-state index contributed by atoms with van der Waals surface area (Å²) < 4.78 is 35.6. The highest BCUT2D eigenvalue weighted by molar-refractivity contribution is 6.31. The van der Waals surface area contributed by atoms with E-state index in [1.807, 2.05) is 0 Å². The van der Waals surface area contributed by atoms with Gasteiger partial charge in [0.15, 0.2) is 0 Å². The van der Waals surface area contributed by atoms with Gasteiger partial charge in [-0.2, -0.15) is 13.2 Å². The van der Waals surface area contributed by atoms with Gasteiger partial charge >= 0.3 is 6.18 Å². The summed E-state index contributed by atoms with van der Waals surface area (Å²) in [5, 5.41) is 0.162. The van der Waals surface area contributed by atoms with Gasteiger partial charge in [0, 0.05) is 5.02 Å². The van der Waals surface area contributed by atoms with Crippen LogP contribution >= 0.6 is 11.6 Å². The average Bonchev–Trinajstić information content (AvgIpc) is 1.91. The van der Waals surface area contributed by atoms with Crippen molar-refractivity contribution in [2.45, 2.75) is 12.6 Å². The molecule has 0 aliphatic rings. The van der Waals surface area contributed by atoms with E-state index in [0.717, 1.165) is 0 Å². The summed E-state index contributed by atoms with van der Waals surface area (Å²) in [6, 6.07) is 5.95. The first-order valence-electron chi connectivity index (χ1n) is 3.29. The number of halogens is 4. The molecule has 0 radical (unpaired) electrons. The maximum atomic E-state index is 11.9. The Morgan fingerprint density at radius 2 is 1.75 bits per heavy atom. The van der Waals surface area contributed by atoms with Crippen LogP contribution in [-0.2, 0) is 6.42 Å². The molecule has 0 N–H and O–H groups in total. The minimum absolute atomic E-state index is 0.117. The van der Waals surface area contributed by atoms with E-state index >= 15 is 0 Å². The molecular formula is C8H6ClF3. The van der Waals surface area contributed by atoms with E-state index in [4.69, 9.17) is 11.6 Å². The summed E-state index contributed by atoms with van der Waals surface area (Å²) in [6.45, 7) is 0. The maximum Gasteiger partial charge on any atom is 0.393 e. The lowest BCUT2D eigenvalue weighted by molar-refractivity contribution is -0.127. The molecule has 1 aromatic carbocycles. The summed E-state index contributed by atoms with van der Waals surface area (Å²) in [5.74, 6) is 0. The van der Waals surface area contributed by atoms with Gasteiger partial charge in [-0.1, -0.05) is 29.8 Å². The molecular weight excluding hydrogens is 189 g/mol. The molecule has 0 nitrogen and oxygen atoms in total. The Labute approximate surface area is 73.0 Å². The zero-order valence-electron chi connectivity index (χ0n) is 6.03. The van der Waals surface area contributed by atoms with Crippen molar-refractivity contribution in [3.63, 3.8) is 0 Å². The predicted molar refractivity (Wildman–Crippen MR) is 41.2 cm³/mol. The Morgan fingerprint density at radius 1 is 1.17 bits per heavy atom. The van der Waals surface area contributed by atoms with Gasteiger partial charge in [0.25, 0.3) is 0 Å². The van der Waals surface area contributed by atoms with Crippen LogP contribution in [0.4, 0.5) is 13.2 Å². The Morgan fingerprint density at radius 3 is 2.25 bits per heavy atom. The number of benzene rings is 1. The second kappa shape index (κ2) is 3.35. The van der Waals surface area contributed by atoms with E-state index in [-0.39, 0.29) is 10.6 Å². The van der Waals surface area contributed by atoms with E-state index < -0.39 is 12.6 Å². The van der Waals surface area contributed by atoms with Crippen LogP contribution in [0.15, 0.2) is 24.3 Å². The summed E-state index contributed by atoms with van der Waals surface area (Å²) in [5.41, 5.74) is 0.117.